The summed E-state index contributed by atoms with van der Waals surface area (Å²) in [5, 5.41) is 2.55. The van der Waals surface area contributed by atoms with Gasteiger partial charge in [0.15, 0.2) is 0 Å². The van der Waals surface area contributed by atoms with Crippen LogP contribution in [0.25, 0.3) is 11.0 Å². The molecular weight excluding hydrogens is 400 g/mol. The Balaban J connectivity index is 1.69. The fourth-order valence-electron chi connectivity index (χ4n) is 3.33. The van der Waals surface area contributed by atoms with Crippen molar-refractivity contribution in [3.63, 3.8) is 0 Å². The first-order valence-corrected chi connectivity index (χ1v) is 10.8. The molecular formula is C18H18N4O4S2. The van der Waals surface area contributed by atoms with Crippen molar-refractivity contribution >= 4 is 38.7 Å². The molecule has 1 aromatic heterocycles. The summed E-state index contributed by atoms with van der Waals surface area (Å²) in [7, 11) is -2.48. The predicted octanol–water partition coefficient (Wildman–Crippen LogP) is 1.65. The number of amides is 1. The molecule has 0 saturated carbocycles. The molecule has 28 heavy (non-hydrogen) atoms. The molecule has 2 aromatic carbocycles. The molecule has 0 radical (unpaired) electrons. The molecule has 10 heteroatoms. The summed E-state index contributed by atoms with van der Waals surface area (Å²) >= 11 is 0.953. The molecule has 0 bridgehead atoms. The molecule has 1 amide bonds. The lowest BCUT2D eigenvalue weighted by atomic mass is 10.2. The Morgan fingerprint density at radius 3 is 2.71 bits per heavy atom. The maximum absolute atomic E-state index is 13.4. The lowest BCUT2D eigenvalue weighted by molar-refractivity contribution is -0.123. The van der Waals surface area contributed by atoms with Crippen LogP contribution in [0.15, 0.2) is 53.4 Å². The van der Waals surface area contributed by atoms with E-state index in [9.17, 15) is 13.2 Å². The number of para-hydroxylation sites is 1. The van der Waals surface area contributed by atoms with Crippen LogP contribution in [0, 0.1) is 0 Å². The van der Waals surface area contributed by atoms with Gasteiger partial charge in [0.05, 0.1) is 18.3 Å². The topological polar surface area (TPSA) is 101 Å². The van der Waals surface area contributed by atoms with Gasteiger partial charge in [0.25, 0.3) is 0 Å². The number of nitrogens with one attached hydrogen (secondary N) is 1. The van der Waals surface area contributed by atoms with Gasteiger partial charge in [0.2, 0.25) is 15.9 Å². The van der Waals surface area contributed by atoms with Crippen LogP contribution in [-0.4, -0.2) is 53.1 Å². The monoisotopic (exact) mass is 418 g/mol. The van der Waals surface area contributed by atoms with Crippen LogP contribution >= 0.6 is 11.7 Å². The summed E-state index contributed by atoms with van der Waals surface area (Å²) in [6.07, 6.45) is -0.175. The molecule has 1 fully saturated rings. The summed E-state index contributed by atoms with van der Waals surface area (Å²) in [5.41, 5.74) is 0.828. The van der Waals surface area contributed by atoms with Crippen LogP contribution in [0.5, 0.6) is 5.75 Å². The van der Waals surface area contributed by atoms with E-state index in [0.29, 0.717) is 16.8 Å². The summed E-state index contributed by atoms with van der Waals surface area (Å²) in [5.74, 6) is 0.263. The zero-order valence-corrected chi connectivity index (χ0v) is 16.6. The van der Waals surface area contributed by atoms with Crippen molar-refractivity contribution in [1.82, 2.24) is 18.4 Å². The van der Waals surface area contributed by atoms with Crippen LogP contribution in [-0.2, 0) is 14.8 Å². The van der Waals surface area contributed by atoms with Gasteiger partial charge in [-0.05, 0) is 24.3 Å². The third-order valence-corrected chi connectivity index (χ3v) is 7.10. The zero-order chi connectivity index (χ0) is 19.7. The first kappa shape index (κ1) is 18.8. The van der Waals surface area contributed by atoms with E-state index in [2.05, 4.69) is 14.1 Å². The summed E-state index contributed by atoms with van der Waals surface area (Å²) in [4.78, 5) is 12.5. The highest BCUT2D eigenvalue weighted by molar-refractivity contribution is 7.89. The number of carbonyl (C=O) groups excluding carboxylic acids is 1. The van der Waals surface area contributed by atoms with Crippen molar-refractivity contribution < 1.29 is 17.9 Å². The molecule has 4 rings (SSSR count). The van der Waals surface area contributed by atoms with Crippen molar-refractivity contribution in [2.45, 2.75) is 23.5 Å². The third kappa shape index (κ3) is 3.34. The number of benzene rings is 2. The number of likely N-dealkylation sites (N-methyl/N-ethyl adjacent to an activating group) is 1. The number of ether oxygens (including phenoxy) is 1. The van der Waals surface area contributed by atoms with Crippen LogP contribution in [0.1, 0.15) is 6.42 Å². The van der Waals surface area contributed by atoms with Crippen LogP contribution < -0.4 is 10.1 Å². The Hall–Kier alpha value is -2.56. The lowest BCUT2D eigenvalue weighted by Gasteiger charge is -2.22. The molecule has 2 unspecified atom stereocenters. The number of nitrogens with zero attached hydrogens (tertiary/aromatic N) is 3. The number of sulfonamides is 1. The van der Waals surface area contributed by atoms with E-state index >= 15 is 0 Å². The van der Waals surface area contributed by atoms with Crippen molar-refractivity contribution in [3.05, 3.63) is 48.5 Å². The van der Waals surface area contributed by atoms with E-state index in [1.54, 1.807) is 24.3 Å². The molecule has 2 heterocycles. The Kier molecular flexibility index (Phi) is 5.00. The van der Waals surface area contributed by atoms with Crippen molar-refractivity contribution in [1.29, 1.82) is 0 Å². The molecule has 1 saturated heterocycles. The zero-order valence-electron chi connectivity index (χ0n) is 15.0. The first-order valence-electron chi connectivity index (χ1n) is 8.67. The Morgan fingerprint density at radius 1 is 1.18 bits per heavy atom. The van der Waals surface area contributed by atoms with E-state index in [1.165, 1.54) is 17.4 Å². The number of aromatic nitrogens is 2. The smallest absolute Gasteiger partial charge is 0.246 e. The molecule has 2 atom stereocenters. The number of fused-ring (bicyclic) bond motifs is 1. The Bertz CT molecular complexity index is 1100. The third-order valence-electron chi connectivity index (χ3n) is 4.65. The van der Waals surface area contributed by atoms with E-state index < -0.39 is 22.2 Å². The van der Waals surface area contributed by atoms with Gasteiger partial charge in [-0.3, -0.25) is 4.79 Å². The van der Waals surface area contributed by atoms with Gasteiger partial charge in [-0.25, -0.2) is 8.42 Å². The fraction of sp³-hybridized carbons (Fsp3) is 0.278. The highest BCUT2D eigenvalue weighted by Crippen LogP contribution is 2.31. The second-order valence-electron chi connectivity index (χ2n) is 6.38. The normalized spacial score (nSPS) is 20.3. The van der Waals surface area contributed by atoms with E-state index in [-0.39, 0.29) is 23.8 Å². The van der Waals surface area contributed by atoms with Crippen LogP contribution in [0.4, 0.5) is 0 Å². The van der Waals surface area contributed by atoms with E-state index in [4.69, 9.17) is 4.74 Å². The Labute approximate surface area is 166 Å². The first-order chi connectivity index (χ1) is 13.5. The summed E-state index contributed by atoms with van der Waals surface area (Å²) in [6.45, 7) is 0.0727. The molecule has 1 aliphatic rings. The molecule has 0 aliphatic carbocycles. The van der Waals surface area contributed by atoms with Gasteiger partial charge in [-0.1, -0.05) is 24.3 Å². The lowest BCUT2D eigenvalue weighted by Crippen LogP contribution is -2.44. The number of carbonyl (C=O) groups is 1. The number of hydrogen-bond donors (Lipinski definition) is 1. The Morgan fingerprint density at radius 2 is 1.96 bits per heavy atom. The van der Waals surface area contributed by atoms with Crippen molar-refractivity contribution in [2.75, 3.05) is 13.6 Å². The van der Waals surface area contributed by atoms with Gasteiger partial charge >= 0.3 is 0 Å². The molecule has 3 aromatic rings. The highest BCUT2D eigenvalue weighted by Gasteiger charge is 2.45. The van der Waals surface area contributed by atoms with E-state index in [1.807, 2.05) is 18.2 Å². The largest absolute Gasteiger partial charge is 0.489 e. The molecule has 0 spiro atoms. The fourth-order valence-corrected chi connectivity index (χ4v) is 5.72. The van der Waals surface area contributed by atoms with Crippen LogP contribution in [0.2, 0.25) is 0 Å². The second-order valence-corrected chi connectivity index (χ2v) is 8.77. The molecule has 8 nitrogen and oxygen atoms in total. The minimum absolute atomic E-state index is 0.0491. The quantitative estimate of drug-likeness (QED) is 0.676. The number of rotatable bonds is 5. The highest BCUT2D eigenvalue weighted by atomic mass is 32.2. The SMILES string of the molecule is CNC(=O)C1CC(Oc2ccccc2)CN1S(=O)(=O)c1cccc2nsnc12. The average molecular weight is 419 g/mol. The van der Waals surface area contributed by atoms with Gasteiger partial charge in [-0.2, -0.15) is 13.1 Å². The molecule has 1 aliphatic heterocycles. The van der Waals surface area contributed by atoms with Crippen molar-refractivity contribution in [2.24, 2.45) is 0 Å². The number of hydrogen-bond acceptors (Lipinski definition) is 7. The standard InChI is InChI=1S/C18H18N4O4S2/c1-19-18(23)15-10-13(26-12-6-3-2-4-7-12)11-22(15)28(24,25)16-9-5-8-14-17(16)21-27-20-14/h2-9,13,15H,10-11H2,1H3,(H,19,23). The van der Waals surface area contributed by atoms with Crippen LogP contribution in [0.3, 0.4) is 0 Å². The average Bonchev–Trinajstić information content (AvgIpc) is 3.35. The summed E-state index contributed by atoms with van der Waals surface area (Å²) < 4.78 is 42.2. The second kappa shape index (κ2) is 7.46. The maximum Gasteiger partial charge on any atom is 0.246 e. The van der Waals surface area contributed by atoms with Gasteiger partial charge in [-0.15, -0.1) is 0 Å². The van der Waals surface area contributed by atoms with E-state index in [0.717, 1.165) is 11.7 Å². The maximum atomic E-state index is 13.4. The molecule has 146 valence electrons. The van der Waals surface area contributed by atoms with Gasteiger partial charge in [0.1, 0.15) is 33.8 Å². The van der Waals surface area contributed by atoms with Crippen molar-refractivity contribution in [3.8, 4) is 5.75 Å². The van der Waals surface area contributed by atoms with Gasteiger partial charge < -0.3 is 10.1 Å². The minimum Gasteiger partial charge on any atom is -0.489 e. The minimum atomic E-state index is -3.97. The predicted molar refractivity (Wildman–Crippen MR) is 105 cm³/mol. The molecule has 1 N–H and O–H groups in total. The summed E-state index contributed by atoms with van der Waals surface area (Å²) in [6, 6.07) is 13.1. The van der Waals surface area contributed by atoms with Gasteiger partial charge in [0, 0.05) is 13.5 Å².